The van der Waals surface area contributed by atoms with Gasteiger partial charge in [-0.05, 0) is 29.8 Å². The number of nitrogens with two attached hydrogens (primary N) is 1. The third kappa shape index (κ3) is 2.65. The Kier molecular flexibility index (Phi) is 3.54. The molecule has 1 unspecified atom stereocenters. The quantitative estimate of drug-likeness (QED) is 0.800. The first kappa shape index (κ1) is 14.5. The van der Waals surface area contributed by atoms with Crippen molar-refractivity contribution >= 4 is 22.6 Å². The van der Waals surface area contributed by atoms with Gasteiger partial charge < -0.3 is 14.9 Å². The van der Waals surface area contributed by atoms with E-state index in [-0.39, 0.29) is 12.0 Å². The number of benzene rings is 2. The number of rotatable bonds is 3. The second-order valence-corrected chi connectivity index (χ2v) is 5.69. The Balaban J connectivity index is 1.66. The Morgan fingerprint density at radius 2 is 1.92 bits per heavy atom. The van der Waals surface area contributed by atoms with Gasteiger partial charge in [-0.3, -0.25) is 0 Å². The van der Waals surface area contributed by atoms with Crippen molar-refractivity contribution in [1.82, 2.24) is 0 Å². The third-order valence-electron chi connectivity index (χ3n) is 4.13. The summed E-state index contributed by atoms with van der Waals surface area (Å²) in [6, 6.07) is 17.7. The van der Waals surface area contributed by atoms with Gasteiger partial charge in [-0.2, -0.15) is 0 Å². The molecule has 2 heterocycles. The Hall–Kier alpha value is -3.08. The van der Waals surface area contributed by atoms with E-state index in [1.54, 1.807) is 7.11 Å². The molecule has 0 aliphatic carbocycles. The summed E-state index contributed by atoms with van der Waals surface area (Å²) in [7, 11) is 1.65. The van der Waals surface area contributed by atoms with Crippen molar-refractivity contribution in [1.29, 1.82) is 0 Å². The van der Waals surface area contributed by atoms with E-state index < -0.39 is 0 Å². The van der Waals surface area contributed by atoms with Gasteiger partial charge in [0.2, 0.25) is 5.96 Å². The van der Waals surface area contributed by atoms with Crippen LogP contribution in [0.25, 0.3) is 11.0 Å². The van der Waals surface area contributed by atoms with Crippen molar-refractivity contribution in [2.24, 2.45) is 15.7 Å². The molecule has 0 saturated heterocycles. The summed E-state index contributed by atoms with van der Waals surface area (Å²) in [6.07, 6.45) is 0.646. The standard InChI is InChI=1S/C19H17N3O2/c1-23-14-8-6-12(7-9-14)15-11-16(22-19(20)21-15)18-10-13-4-2-3-5-17(13)24-18/h2-10,15H,11H2,1H3,(H2,20,21). The number of aliphatic imine (C=N–C) groups is 2. The SMILES string of the molecule is COc1ccc(C2CC(c3cc4ccccc4o3)=NC(N)=N2)cc1. The Bertz CT molecular complexity index is 906. The minimum Gasteiger partial charge on any atom is -0.497 e. The van der Waals surface area contributed by atoms with E-state index in [2.05, 4.69) is 9.98 Å². The van der Waals surface area contributed by atoms with Gasteiger partial charge in [0.25, 0.3) is 0 Å². The average Bonchev–Trinajstić information content (AvgIpc) is 3.05. The zero-order valence-corrected chi connectivity index (χ0v) is 13.3. The van der Waals surface area contributed by atoms with Gasteiger partial charge in [0.15, 0.2) is 0 Å². The molecule has 24 heavy (non-hydrogen) atoms. The molecule has 4 rings (SSSR count). The number of fused-ring (bicyclic) bond motifs is 1. The predicted octanol–water partition coefficient (Wildman–Crippen LogP) is 3.69. The monoisotopic (exact) mass is 319 g/mol. The summed E-state index contributed by atoms with van der Waals surface area (Å²) < 4.78 is 11.1. The van der Waals surface area contributed by atoms with Crippen LogP contribution >= 0.6 is 0 Å². The normalized spacial score (nSPS) is 17.5. The molecule has 1 atom stereocenters. The highest BCUT2D eigenvalue weighted by Gasteiger charge is 2.22. The first-order chi connectivity index (χ1) is 11.7. The van der Waals surface area contributed by atoms with Crippen LogP contribution in [0.1, 0.15) is 23.8 Å². The molecule has 2 N–H and O–H groups in total. The van der Waals surface area contributed by atoms with E-state index in [9.17, 15) is 0 Å². The van der Waals surface area contributed by atoms with Crippen LogP contribution in [0.4, 0.5) is 0 Å². The van der Waals surface area contributed by atoms with Gasteiger partial charge in [0.05, 0.1) is 18.9 Å². The molecular weight excluding hydrogens is 302 g/mol. The van der Waals surface area contributed by atoms with Crippen molar-refractivity contribution in [3.63, 3.8) is 0 Å². The summed E-state index contributed by atoms with van der Waals surface area (Å²) in [4.78, 5) is 8.85. The van der Waals surface area contributed by atoms with Crippen molar-refractivity contribution in [3.05, 3.63) is 65.9 Å². The molecule has 3 aromatic rings. The zero-order valence-electron chi connectivity index (χ0n) is 13.3. The molecule has 0 spiro atoms. The van der Waals surface area contributed by atoms with Crippen LogP contribution in [0, 0.1) is 0 Å². The Morgan fingerprint density at radius 3 is 2.67 bits per heavy atom. The van der Waals surface area contributed by atoms with Crippen LogP contribution < -0.4 is 10.5 Å². The average molecular weight is 319 g/mol. The summed E-state index contributed by atoms with van der Waals surface area (Å²) in [6.45, 7) is 0. The van der Waals surface area contributed by atoms with Gasteiger partial charge in [0.1, 0.15) is 17.1 Å². The van der Waals surface area contributed by atoms with E-state index >= 15 is 0 Å². The first-order valence-corrected chi connectivity index (χ1v) is 7.76. The zero-order chi connectivity index (χ0) is 16.5. The molecule has 2 aromatic carbocycles. The van der Waals surface area contributed by atoms with E-state index in [0.717, 1.165) is 33.8 Å². The molecule has 0 fully saturated rings. The van der Waals surface area contributed by atoms with E-state index in [1.807, 2.05) is 54.6 Å². The highest BCUT2D eigenvalue weighted by molar-refractivity contribution is 6.08. The minimum absolute atomic E-state index is 0.0726. The van der Waals surface area contributed by atoms with Crippen LogP contribution in [-0.4, -0.2) is 18.8 Å². The molecule has 120 valence electrons. The summed E-state index contributed by atoms with van der Waals surface area (Å²) >= 11 is 0. The van der Waals surface area contributed by atoms with Crippen molar-refractivity contribution < 1.29 is 9.15 Å². The molecule has 5 nitrogen and oxygen atoms in total. The molecule has 0 radical (unpaired) electrons. The topological polar surface area (TPSA) is 73.1 Å². The lowest BCUT2D eigenvalue weighted by molar-refractivity contribution is 0.414. The van der Waals surface area contributed by atoms with Crippen molar-refractivity contribution in [3.8, 4) is 5.75 Å². The maximum atomic E-state index is 5.94. The first-order valence-electron chi connectivity index (χ1n) is 7.76. The number of ether oxygens (including phenoxy) is 1. The molecule has 1 aliphatic rings. The number of hydrogen-bond donors (Lipinski definition) is 1. The molecule has 5 heteroatoms. The van der Waals surface area contributed by atoms with Crippen LogP contribution in [-0.2, 0) is 0 Å². The summed E-state index contributed by atoms with van der Waals surface area (Å²) in [5.41, 5.74) is 8.67. The van der Waals surface area contributed by atoms with Gasteiger partial charge in [-0.15, -0.1) is 0 Å². The smallest absolute Gasteiger partial charge is 0.216 e. The molecule has 1 aliphatic heterocycles. The number of hydrogen-bond acceptors (Lipinski definition) is 5. The van der Waals surface area contributed by atoms with Gasteiger partial charge >= 0.3 is 0 Å². The molecular formula is C19H17N3O2. The molecule has 0 amide bonds. The minimum atomic E-state index is -0.0726. The molecule has 1 aromatic heterocycles. The van der Waals surface area contributed by atoms with Crippen LogP contribution in [0.15, 0.2) is 69.0 Å². The number of nitrogens with zero attached hydrogens (tertiary/aromatic N) is 2. The fourth-order valence-corrected chi connectivity index (χ4v) is 2.90. The maximum absolute atomic E-state index is 5.94. The van der Waals surface area contributed by atoms with Gasteiger partial charge in [-0.25, -0.2) is 9.98 Å². The fourth-order valence-electron chi connectivity index (χ4n) is 2.90. The number of para-hydroxylation sites is 1. The number of furan rings is 1. The number of methoxy groups -OCH3 is 1. The third-order valence-corrected chi connectivity index (χ3v) is 4.13. The van der Waals surface area contributed by atoms with Gasteiger partial charge in [-0.1, -0.05) is 30.3 Å². The summed E-state index contributed by atoms with van der Waals surface area (Å²) in [5.74, 6) is 1.84. The van der Waals surface area contributed by atoms with E-state index in [1.165, 1.54) is 0 Å². The largest absolute Gasteiger partial charge is 0.497 e. The lowest BCUT2D eigenvalue weighted by Gasteiger charge is -2.18. The second kappa shape index (κ2) is 5.85. The number of guanidine groups is 1. The predicted molar refractivity (Wildman–Crippen MR) is 94.7 cm³/mol. The maximum Gasteiger partial charge on any atom is 0.216 e. The summed E-state index contributed by atoms with van der Waals surface area (Å²) in [5, 5.41) is 1.05. The van der Waals surface area contributed by atoms with Crippen LogP contribution in [0.2, 0.25) is 0 Å². The van der Waals surface area contributed by atoms with Crippen LogP contribution in [0.5, 0.6) is 5.75 Å². The fraction of sp³-hybridized carbons (Fsp3) is 0.158. The Morgan fingerprint density at radius 1 is 1.12 bits per heavy atom. The van der Waals surface area contributed by atoms with E-state index in [4.69, 9.17) is 14.9 Å². The van der Waals surface area contributed by atoms with Crippen LogP contribution in [0.3, 0.4) is 0 Å². The highest BCUT2D eigenvalue weighted by Crippen LogP contribution is 2.29. The molecule has 0 bridgehead atoms. The van der Waals surface area contributed by atoms with E-state index in [0.29, 0.717) is 6.42 Å². The molecule has 0 saturated carbocycles. The van der Waals surface area contributed by atoms with Crippen molar-refractivity contribution in [2.45, 2.75) is 12.5 Å². The highest BCUT2D eigenvalue weighted by atomic mass is 16.5. The Labute approximate surface area is 139 Å². The lowest BCUT2D eigenvalue weighted by Crippen LogP contribution is -2.21. The lowest BCUT2D eigenvalue weighted by atomic mass is 9.99. The van der Waals surface area contributed by atoms with Crippen molar-refractivity contribution in [2.75, 3.05) is 7.11 Å². The van der Waals surface area contributed by atoms with Gasteiger partial charge in [0, 0.05) is 11.8 Å². The second-order valence-electron chi connectivity index (χ2n) is 5.69.